The summed E-state index contributed by atoms with van der Waals surface area (Å²) in [6.45, 7) is 6.28. The van der Waals surface area contributed by atoms with Crippen molar-refractivity contribution < 1.29 is 9.53 Å². The van der Waals surface area contributed by atoms with Crippen molar-refractivity contribution in [3.63, 3.8) is 0 Å². The molecule has 2 rings (SSSR count). The molecule has 128 valence electrons. The molecular formula is C20H25NO2S. The van der Waals surface area contributed by atoms with Gasteiger partial charge in [-0.2, -0.15) is 11.8 Å². The Morgan fingerprint density at radius 1 is 1.00 bits per heavy atom. The fourth-order valence-electron chi connectivity index (χ4n) is 2.17. The number of rotatable bonds is 6. The second-order valence-corrected chi connectivity index (χ2v) is 7.61. The highest BCUT2D eigenvalue weighted by Crippen LogP contribution is 2.19. The predicted octanol–water partition coefficient (Wildman–Crippen LogP) is 5.36. The van der Waals surface area contributed by atoms with Gasteiger partial charge in [0.05, 0.1) is 0 Å². The highest BCUT2D eigenvalue weighted by Gasteiger charge is 2.23. The summed E-state index contributed by atoms with van der Waals surface area (Å²) >= 11 is 1.82. The standard InChI is InChI=1S/C20H25NO2S/c1-20(2,3)23-19(22)21(18-12-8-5-9-13-18)14-15-24-16-17-10-6-4-7-11-17/h4-13H,14-16H2,1-3H3. The van der Waals surface area contributed by atoms with Gasteiger partial charge >= 0.3 is 6.09 Å². The normalized spacial score (nSPS) is 11.1. The Balaban J connectivity index is 1.94. The molecule has 0 saturated carbocycles. The largest absolute Gasteiger partial charge is 0.443 e. The zero-order valence-corrected chi connectivity index (χ0v) is 15.4. The minimum Gasteiger partial charge on any atom is -0.443 e. The van der Waals surface area contributed by atoms with Crippen molar-refractivity contribution in [3.05, 3.63) is 66.2 Å². The summed E-state index contributed by atoms with van der Waals surface area (Å²) in [4.78, 5) is 14.2. The Morgan fingerprint density at radius 3 is 2.17 bits per heavy atom. The summed E-state index contributed by atoms with van der Waals surface area (Å²) < 4.78 is 5.55. The van der Waals surface area contributed by atoms with Gasteiger partial charge in [-0.25, -0.2) is 4.79 Å². The van der Waals surface area contributed by atoms with E-state index in [-0.39, 0.29) is 6.09 Å². The molecule has 0 heterocycles. The van der Waals surface area contributed by atoms with Crippen molar-refractivity contribution in [2.45, 2.75) is 32.1 Å². The van der Waals surface area contributed by atoms with Crippen LogP contribution in [0.5, 0.6) is 0 Å². The fourth-order valence-corrected chi connectivity index (χ4v) is 3.06. The Kier molecular flexibility index (Phi) is 6.73. The molecular weight excluding hydrogens is 318 g/mol. The average Bonchev–Trinajstić information content (AvgIpc) is 2.55. The van der Waals surface area contributed by atoms with Crippen LogP contribution in [0.3, 0.4) is 0 Å². The molecule has 0 radical (unpaired) electrons. The first-order chi connectivity index (χ1) is 11.5. The molecule has 2 aromatic rings. The SMILES string of the molecule is CC(C)(C)OC(=O)N(CCSCc1ccccc1)c1ccccc1. The Bertz CT molecular complexity index is 623. The Morgan fingerprint density at radius 2 is 1.58 bits per heavy atom. The van der Waals surface area contributed by atoms with Gasteiger partial charge in [0.2, 0.25) is 0 Å². The number of hydrogen-bond acceptors (Lipinski definition) is 3. The molecule has 3 nitrogen and oxygen atoms in total. The second-order valence-electron chi connectivity index (χ2n) is 6.51. The highest BCUT2D eigenvalue weighted by atomic mass is 32.2. The fraction of sp³-hybridized carbons (Fsp3) is 0.350. The molecule has 0 aromatic heterocycles. The molecule has 0 aliphatic heterocycles. The van der Waals surface area contributed by atoms with E-state index in [1.165, 1.54) is 5.56 Å². The van der Waals surface area contributed by atoms with E-state index in [1.807, 2.05) is 81.1 Å². The maximum atomic E-state index is 12.5. The first kappa shape index (κ1) is 18.4. The highest BCUT2D eigenvalue weighted by molar-refractivity contribution is 7.98. The number of nitrogens with zero attached hydrogens (tertiary/aromatic N) is 1. The van der Waals surface area contributed by atoms with Crippen molar-refractivity contribution in [1.82, 2.24) is 0 Å². The van der Waals surface area contributed by atoms with E-state index < -0.39 is 5.60 Å². The Hall–Kier alpha value is -1.94. The molecule has 4 heteroatoms. The molecule has 0 aliphatic carbocycles. The molecule has 0 N–H and O–H groups in total. The van der Waals surface area contributed by atoms with Gasteiger partial charge in [0.25, 0.3) is 0 Å². The first-order valence-electron chi connectivity index (χ1n) is 8.13. The monoisotopic (exact) mass is 343 g/mol. The number of hydrogen-bond donors (Lipinski definition) is 0. The number of anilines is 1. The van der Waals surface area contributed by atoms with Gasteiger partial charge in [0, 0.05) is 23.7 Å². The lowest BCUT2D eigenvalue weighted by Crippen LogP contribution is -2.38. The number of ether oxygens (including phenoxy) is 1. The van der Waals surface area contributed by atoms with Crippen LogP contribution in [-0.4, -0.2) is 24.0 Å². The molecule has 0 saturated heterocycles. The van der Waals surface area contributed by atoms with Gasteiger partial charge < -0.3 is 4.74 Å². The van der Waals surface area contributed by atoms with Crippen LogP contribution < -0.4 is 4.90 Å². The molecule has 1 amide bonds. The second kappa shape index (κ2) is 8.78. The number of carbonyl (C=O) groups is 1. The van der Waals surface area contributed by atoms with Crippen molar-refractivity contribution >= 4 is 23.5 Å². The van der Waals surface area contributed by atoms with Crippen LogP contribution >= 0.6 is 11.8 Å². The van der Waals surface area contributed by atoms with E-state index in [2.05, 4.69) is 12.1 Å². The van der Waals surface area contributed by atoms with Crippen LogP contribution in [0.4, 0.5) is 10.5 Å². The lowest BCUT2D eigenvalue weighted by atomic mass is 10.2. The minimum absolute atomic E-state index is 0.297. The van der Waals surface area contributed by atoms with Gasteiger partial charge in [-0.3, -0.25) is 4.90 Å². The van der Waals surface area contributed by atoms with Gasteiger partial charge in [-0.15, -0.1) is 0 Å². The lowest BCUT2D eigenvalue weighted by molar-refractivity contribution is 0.0582. The summed E-state index contributed by atoms with van der Waals surface area (Å²) in [7, 11) is 0. The molecule has 0 bridgehead atoms. The zero-order chi connectivity index (χ0) is 17.4. The summed E-state index contributed by atoms with van der Waals surface area (Å²) in [5.41, 5.74) is 1.67. The molecule has 0 fully saturated rings. The van der Waals surface area contributed by atoms with Crippen LogP contribution in [0.1, 0.15) is 26.3 Å². The van der Waals surface area contributed by atoms with Crippen molar-refractivity contribution in [3.8, 4) is 0 Å². The van der Waals surface area contributed by atoms with E-state index in [9.17, 15) is 4.79 Å². The number of carbonyl (C=O) groups excluding carboxylic acids is 1. The Labute approximate surface area is 149 Å². The van der Waals surface area contributed by atoms with Crippen LogP contribution in [0.15, 0.2) is 60.7 Å². The third-order valence-corrected chi connectivity index (χ3v) is 4.26. The summed E-state index contributed by atoms with van der Waals surface area (Å²) in [5, 5.41) is 0. The minimum atomic E-state index is -0.499. The van der Waals surface area contributed by atoms with E-state index in [4.69, 9.17) is 4.74 Å². The summed E-state index contributed by atoms with van der Waals surface area (Å²) in [6.07, 6.45) is -0.297. The van der Waals surface area contributed by atoms with Crippen LogP contribution in [0, 0.1) is 0 Å². The van der Waals surface area contributed by atoms with Gasteiger partial charge in [-0.05, 0) is 38.5 Å². The molecule has 0 unspecified atom stereocenters. The third-order valence-electron chi connectivity index (χ3n) is 3.25. The molecule has 2 aromatic carbocycles. The van der Waals surface area contributed by atoms with Crippen molar-refractivity contribution in [2.24, 2.45) is 0 Å². The van der Waals surface area contributed by atoms with Crippen LogP contribution in [0.25, 0.3) is 0 Å². The molecule has 0 atom stereocenters. The molecule has 0 aliphatic rings. The quantitative estimate of drug-likeness (QED) is 0.661. The number of thioether (sulfide) groups is 1. The van der Waals surface area contributed by atoms with E-state index >= 15 is 0 Å². The summed E-state index contributed by atoms with van der Waals surface area (Å²) in [5.74, 6) is 1.79. The van der Waals surface area contributed by atoms with Crippen LogP contribution in [0.2, 0.25) is 0 Å². The predicted molar refractivity (Wildman–Crippen MR) is 103 cm³/mol. The lowest BCUT2D eigenvalue weighted by Gasteiger charge is -2.27. The van der Waals surface area contributed by atoms with E-state index in [0.29, 0.717) is 6.54 Å². The number of amides is 1. The zero-order valence-electron chi connectivity index (χ0n) is 14.6. The topological polar surface area (TPSA) is 29.5 Å². The van der Waals surface area contributed by atoms with Gasteiger partial charge in [-0.1, -0.05) is 48.5 Å². The van der Waals surface area contributed by atoms with Crippen molar-refractivity contribution in [1.29, 1.82) is 0 Å². The summed E-state index contributed by atoms with van der Waals surface area (Å²) in [6, 6.07) is 20.0. The molecule has 24 heavy (non-hydrogen) atoms. The smallest absolute Gasteiger partial charge is 0.414 e. The maximum absolute atomic E-state index is 12.5. The van der Waals surface area contributed by atoms with Crippen molar-refractivity contribution in [2.75, 3.05) is 17.2 Å². The van der Waals surface area contributed by atoms with Crippen LogP contribution in [-0.2, 0) is 10.5 Å². The number of benzene rings is 2. The van der Waals surface area contributed by atoms with E-state index in [1.54, 1.807) is 4.90 Å². The first-order valence-corrected chi connectivity index (χ1v) is 9.28. The third kappa shape index (κ3) is 6.28. The van der Waals surface area contributed by atoms with E-state index in [0.717, 1.165) is 17.2 Å². The van der Waals surface area contributed by atoms with Gasteiger partial charge in [0.15, 0.2) is 0 Å². The molecule has 0 spiro atoms. The maximum Gasteiger partial charge on any atom is 0.414 e. The number of para-hydroxylation sites is 1. The average molecular weight is 343 g/mol. The van der Waals surface area contributed by atoms with Gasteiger partial charge in [0.1, 0.15) is 5.60 Å².